The second kappa shape index (κ2) is 8.12. The molecular formula is C15H24ClN3O. The first-order valence-electron chi connectivity index (χ1n) is 7.03. The largest absolute Gasteiger partial charge is 0.399 e. The molecule has 0 aliphatic rings. The molecule has 0 aliphatic carbocycles. The van der Waals surface area contributed by atoms with Gasteiger partial charge >= 0.3 is 0 Å². The average molecular weight is 298 g/mol. The third kappa shape index (κ3) is 5.39. The van der Waals surface area contributed by atoms with Gasteiger partial charge in [0.05, 0.1) is 10.7 Å². The fourth-order valence-electron chi connectivity index (χ4n) is 2.07. The van der Waals surface area contributed by atoms with Crippen LogP contribution in [0.15, 0.2) is 18.2 Å². The number of anilines is 2. The number of hydrogen-bond donors (Lipinski definition) is 2. The van der Waals surface area contributed by atoms with E-state index in [0.717, 1.165) is 19.5 Å². The number of carbonyl (C=O) groups excluding carboxylic acids is 1. The van der Waals surface area contributed by atoms with E-state index in [1.54, 1.807) is 18.2 Å². The van der Waals surface area contributed by atoms with E-state index in [1.807, 2.05) is 0 Å². The minimum absolute atomic E-state index is 0.0171. The normalized spacial score (nSPS) is 11.1. The lowest BCUT2D eigenvalue weighted by atomic mass is 10.2. The maximum Gasteiger partial charge on any atom is 0.224 e. The highest BCUT2D eigenvalue weighted by Gasteiger charge is 2.09. The zero-order valence-electron chi connectivity index (χ0n) is 12.4. The van der Waals surface area contributed by atoms with Gasteiger partial charge in [0.15, 0.2) is 0 Å². The van der Waals surface area contributed by atoms with E-state index in [2.05, 4.69) is 31.0 Å². The molecule has 4 nitrogen and oxygen atoms in total. The third-order valence-corrected chi connectivity index (χ3v) is 3.57. The Hall–Kier alpha value is -1.26. The summed E-state index contributed by atoms with van der Waals surface area (Å²) in [5.74, 6) is -0.0171. The SMILES string of the molecule is CCN(CCCC(=O)Nc1ccc(N)cc1Cl)C(C)C. The van der Waals surface area contributed by atoms with Gasteiger partial charge < -0.3 is 16.0 Å². The van der Waals surface area contributed by atoms with E-state index in [1.165, 1.54) is 0 Å². The van der Waals surface area contributed by atoms with Crippen LogP contribution in [0.25, 0.3) is 0 Å². The van der Waals surface area contributed by atoms with Crippen molar-refractivity contribution in [3.05, 3.63) is 23.2 Å². The first kappa shape index (κ1) is 16.8. The standard InChI is InChI=1S/C15H24ClN3O/c1-4-19(11(2)3)9-5-6-15(20)18-14-8-7-12(17)10-13(14)16/h7-8,10-11H,4-6,9,17H2,1-3H3,(H,18,20). The summed E-state index contributed by atoms with van der Waals surface area (Å²) in [6.45, 7) is 8.39. The van der Waals surface area contributed by atoms with Crippen LogP contribution >= 0.6 is 11.6 Å². The number of carbonyl (C=O) groups is 1. The quantitative estimate of drug-likeness (QED) is 0.759. The van der Waals surface area contributed by atoms with Crippen LogP contribution < -0.4 is 11.1 Å². The number of halogens is 1. The molecule has 0 heterocycles. The molecule has 0 saturated carbocycles. The van der Waals surface area contributed by atoms with Gasteiger partial charge in [0.1, 0.15) is 0 Å². The van der Waals surface area contributed by atoms with E-state index in [0.29, 0.717) is 28.9 Å². The van der Waals surface area contributed by atoms with Gasteiger partial charge in [-0.3, -0.25) is 4.79 Å². The molecule has 0 fully saturated rings. The summed E-state index contributed by atoms with van der Waals surface area (Å²) in [5.41, 5.74) is 6.81. The molecule has 0 atom stereocenters. The summed E-state index contributed by atoms with van der Waals surface area (Å²) in [6.07, 6.45) is 1.33. The van der Waals surface area contributed by atoms with Gasteiger partial charge in [0.25, 0.3) is 0 Å². The molecule has 3 N–H and O–H groups in total. The summed E-state index contributed by atoms with van der Waals surface area (Å²) in [7, 11) is 0. The number of nitrogens with zero attached hydrogens (tertiary/aromatic N) is 1. The van der Waals surface area contributed by atoms with Crippen LogP contribution in [-0.4, -0.2) is 29.9 Å². The summed E-state index contributed by atoms with van der Waals surface area (Å²) in [5, 5.41) is 3.28. The number of nitrogen functional groups attached to an aromatic ring is 1. The molecule has 1 amide bonds. The Bertz CT molecular complexity index is 449. The summed E-state index contributed by atoms with van der Waals surface area (Å²) < 4.78 is 0. The molecule has 112 valence electrons. The van der Waals surface area contributed by atoms with Crippen molar-refractivity contribution in [1.29, 1.82) is 0 Å². The lowest BCUT2D eigenvalue weighted by Gasteiger charge is -2.24. The second-order valence-corrected chi connectivity index (χ2v) is 5.52. The molecule has 0 radical (unpaired) electrons. The molecular weight excluding hydrogens is 274 g/mol. The molecule has 0 unspecified atom stereocenters. The van der Waals surface area contributed by atoms with E-state index < -0.39 is 0 Å². The third-order valence-electron chi connectivity index (χ3n) is 3.25. The minimum atomic E-state index is -0.0171. The van der Waals surface area contributed by atoms with Crippen LogP contribution in [0.2, 0.25) is 5.02 Å². The van der Waals surface area contributed by atoms with Gasteiger partial charge in [-0.2, -0.15) is 0 Å². The fraction of sp³-hybridized carbons (Fsp3) is 0.533. The molecule has 1 rings (SSSR count). The van der Waals surface area contributed by atoms with Crippen LogP contribution in [0.4, 0.5) is 11.4 Å². The van der Waals surface area contributed by atoms with Crippen molar-refractivity contribution in [1.82, 2.24) is 4.90 Å². The Morgan fingerprint density at radius 1 is 1.45 bits per heavy atom. The van der Waals surface area contributed by atoms with Crippen molar-refractivity contribution >= 4 is 28.9 Å². The Morgan fingerprint density at radius 3 is 2.70 bits per heavy atom. The molecule has 1 aromatic carbocycles. The number of rotatable bonds is 7. The predicted molar refractivity (Wildman–Crippen MR) is 86.1 cm³/mol. The monoisotopic (exact) mass is 297 g/mol. The van der Waals surface area contributed by atoms with Crippen molar-refractivity contribution in [2.75, 3.05) is 24.1 Å². The maximum atomic E-state index is 11.9. The van der Waals surface area contributed by atoms with Gasteiger partial charge in [0.2, 0.25) is 5.91 Å². The number of hydrogen-bond acceptors (Lipinski definition) is 3. The first-order chi connectivity index (χ1) is 9.43. The van der Waals surface area contributed by atoms with Crippen LogP contribution in [-0.2, 0) is 4.79 Å². The van der Waals surface area contributed by atoms with Crippen LogP contribution in [0, 0.1) is 0 Å². The van der Waals surface area contributed by atoms with Crippen molar-refractivity contribution in [2.24, 2.45) is 0 Å². The number of nitrogens with two attached hydrogens (primary N) is 1. The molecule has 0 saturated heterocycles. The topological polar surface area (TPSA) is 58.4 Å². The second-order valence-electron chi connectivity index (χ2n) is 5.11. The highest BCUT2D eigenvalue weighted by molar-refractivity contribution is 6.34. The Morgan fingerprint density at radius 2 is 2.15 bits per heavy atom. The van der Waals surface area contributed by atoms with E-state index in [-0.39, 0.29) is 5.91 Å². The molecule has 0 aromatic heterocycles. The van der Waals surface area contributed by atoms with Gasteiger partial charge in [-0.15, -0.1) is 0 Å². The highest BCUT2D eigenvalue weighted by Crippen LogP contribution is 2.24. The van der Waals surface area contributed by atoms with Crippen LogP contribution in [0.1, 0.15) is 33.6 Å². The van der Waals surface area contributed by atoms with Gasteiger partial charge in [-0.25, -0.2) is 0 Å². The van der Waals surface area contributed by atoms with Crippen LogP contribution in [0.3, 0.4) is 0 Å². The predicted octanol–water partition coefficient (Wildman–Crippen LogP) is 3.37. The summed E-state index contributed by atoms with van der Waals surface area (Å²) >= 11 is 6.02. The number of benzene rings is 1. The van der Waals surface area contributed by atoms with Crippen molar-refractivity contribution < 1.29 is 4.79 Å². The Balaban J connectivity index is 2.40. The first-order valence-corrected chi connectivity index (χ1v) is 7.40. The van der Waals surface area contributed by atoms with Gasteiger partial charge in [-0.05, 0) is 51.6 Å². The van der Waals surface area contributed by atoms with Gasteiger partial charge in [-0.1, -0.05) is 18.5 Å². The van der Waals surface area contributed by atoms with E-state index >= 15 is 0 Å². The molecule has 1 aromatic rings. The average Bonchev–Trinajstić information content (AvgIpc) is 2.37. The van der Waals surface area contributed by atoms with Gasteiger partial charge in [0, 0.05) is 18.2 Å². The van der Waals surface area contributed by atoms with E-state index in [4.69, 9.17) is 17.3 Å². The lowest BCUT2D eigenvalue weighted by Crippen LogP contribution is -2.32. The number of amides is 1. The summed E-state index contributed by atoms with van der Waals surface area (Å²) in [4.78, 5) is 14.2. The smallest absolute Gasteiger partial charge is 0.224 e. The Labute approximate surface area is 126 Å². The maximum absolute atomic E-state index is 11.9. The van der Waals surface area contributed by atoms with Crippen LogP contribution in [0.5, 0.6) is 0 Å². The minimum Gasteiger partial charge on any atom is -0.399 e. The molecule has 20 heavy (non-hydrogen) atoms. The van der Waals surface area contributed by atoms with Crippen molar-refractivity contribution in [3.8, 4) is 0 Å². The van der Waals surface area contributed by atoms with E-state index in [9.17, 15) is 4.79 Å². The zero-order chi connectivity index (χ0) is 15.1. The summed E-state index contributed by atoms with van der Waals surface area (Å²) in [6, 6.07) is 5.59. The molecule has 0 bridgehead atoms. The zero-order valence-corrected chi connectivity index (χ0v) is 13.2. The van der Waals surface area contributed by atoms with Crippen molar-refractivity contribution in [3.63, 3.8) is 0 Å². The fourth-order valence-corrected chi connectivity index (χ4v) is 2.31. The van der Waals surface area contributed by atoms with Crippen molar-refractivity contribution in [2.45, 2.75) is 39.7 Å². The molecule has 0 spiro atoms. The lowest BCUT2D eigenvalue weighted by molar-refractivity contribution is -0.116. The molecule has 0 aliphatic heterocycles. The molecule has 5 heteroatoms. The Kier molecular flexibility index (Phi) is 6.82. The number of nitrogens with one attached hydrogen (secondary N) is 1. The highest BCUT2D eigenvalue weighted by atomic mass is 35.5.